The highest BCUT2D eigenvalue weighted by Gasteiger charge is 2.14. The molecule has 3 rings (SSSR count). The fourth-order valence-corrected chi connectivity index (χ4v) is 2.30. The highest BCUT2D eigenvalue weighted by atomic mass is 32.1. The molecule has 1 amide bonds. The molecule has 4 N–H and O–H groups in total. The Morgan fingerprint density at radius 2 is 2.13 bits per heavy atom. The van der Waals surface area contributed by atoms with E-state index < -0.39 is 5.91 Å². The van der Waals surface area contributed by atoms with Gasteiger partial charge in [0.25, 0.3) is 5.91 Å². The number of carbonyl (C=O) groups is 1. The van der Waals surface area contributed by atoms with Crippen molar-refractivity contribution in [3.63, 3.8) is 0 Å². The maximum atomic E-state index is 12.3. The van der Waals surface area contributed by atoms with Gasteiger partial charge in [-0.2, -0.15) is 0 Å². The summed E-state index contributed by atoms with van der Waals surface area (Å²) < 4.78 is 1.71. The number of aromatic hydroxyl groups is 1. The highest BCUT2D eigenvalue weighted by Crippen LogP contribution is 2.22. The number of hydrogen-bond acceptors (Lipinski definition) is 5. The molecule has 1 aromatic carbocycles. The minimum absolute atomic E-state index is 0.110. The molecule has 0 unspecified atom stereocenters. The molecule has 0 saturated heterocycles. The smallest absolute Gasteiger partial charge is 0.276 e. The predicted molar refractivity (Wildman–Crippen MR) is 90.5 cm³/mol. The molecule has 0 fully saturated rings. The molecule has 23 heavy (non-hydrogen) atoms. The van der Waals surface area contributed by atoms with Crippen molar-refractivity contribution in [1.29, 1.82) is 0 Å². The summed E-state index contributed by atoms with van der Waals surface area (Å²) in [6.45, 7) is 0. The molecular weight excluding hydrogens is 314 g/mol. The van der Waals surface area contributed by atoms with E-state index in [1.165, 1.54) is 18.3 Å². The third kappa shape index (κ3) is 2.84. The van der Waals surface area contributed by atoms with Gasteiger partial charge in [0, 0.05) is 24.9 Å². The van der Waals surface area contributed by atoms with E-state index in [1.807, 2.05) is 0 Å². The molecule has 0 atom stereocenters. The van der Waals surface area contributed by atoms with Crippen LogP contribution in [0.4, 0.5) is 5.95 Å². The van der Waals surface area contributed by atoms with Crippen LogP contribution in [-0.4, -0.2) is 30.5 Å². The Kier molecular flexibility index (Phi) is 3.67. The van der Waals surface area contributed by atoms with Crippen molar-refractivity contribution in [2.75, 3.05) is 5.32 Å². The van der Waals surface area contributed by atoms with E-state index in [-0.39, 0.29) is 16.4 Å². The van der Waals surface area contributed by atoms with Crippen LogP contribution in [0.3, 0.4) is 0 Å². The van der Waals surface area contributed by atoms with Crippen LogP contribution in [0.5, 0.6) is 5.75 Å². The number of phenols is 1. The van der Waals surface area contributed by atoms with E-state index >= 15 is 0 Å². The van der Waals surface area contributed by atoms with Gasteiger partial charge in [-0.15, -0.1) is 0 Å². The number of imidazole rings is 1. The number of carbonyl (C=O) groups excluding carboxylic acids is 1. The molecule has 0 aliphatic rings. The zero-order valence-corrected chi connectivity index (χ0v) is 13.0. The quantitative estimate of drug-likeness (QED) is 0.630. The average Bonchev–Trinajstić information content (AvgIpc) is 2.82. The number of nitrogens with zero attached hydrogens (tertiary/aromatic N) is 3. The first-order chi connectivity index (χ1) is 11.0. The fraction of sp³-hybridized carbons (Fsp3) is 0.0667. The second kappa shape index (κ2) is 5.65. The van der Waals surface area contributed by atoms with Crippen LogP contribution in [0.2, 0.25) is 0 Å². The van der Waals surface area contributed by atoms with Crippen LogP contribution in [-0.2, 0) is 7.05 Å². The zero-order valence-electron chi connectivity index (χ0n) is 12.1. The molecule has 0 bridgehead atoms. The number of phenolic OH excluding ortho intramolecular Hbond substituents is 1. The van der Waals surface area contributed by atoms with E-state index in [9.17, 15) is 9.90 Å². The summed E-state index contributed by atoms with van der Waals surface area (Å²) in [5.74, 6) is 0.0307. The second-order valence-electron chi connectivity index (χ2n) is 4.92. The van der Waals surface area contributed by atoms with Gasteiger partial charge < -0.3 is 15.4 Å². The van der Waals surface area contributed by atoms with Gasteiger partial charge in [0.05, 0.1) is 11.0 Å². The summed E-state index contributed by atoms with van der Waals surface area (Å²) in [6.07, 6.45) is 1.47. The molecule has 0 radical (unpaired) electrons. The summed E-state index contributed by atoms with van der Waals surface area (Å²) >= 11 is 4.89. The van der Waals surface area contributed by atoms with E-state index in [1.54, 1.807) is 29.8 Å². The van der Waals surface area contributed by atoms with Gasteiger partial charge in [0.2, 0.25) is 5.95 Å². The van der Waals surface area contributed by atoms with Gasteiger partial charge in [0.15, 0.2) is 0 Å². The SMILES string of the molecule is Cn1c(NC(=O)c2cc(C(N)=S)ccn2)nc2cc(O)ccc21. The number of aromatic nitrogens is 3. The molecule has 7 nitrogen and oxygen atoms in total. The average molecular weight is 327 g/mol. The van der Waals surface area contributed by atoms with Gasteiger partial charge in [-0.05, 0) is 24.3 Å². The number of aryl methyl sites for hydroxylation is 1. The first kappa shape index (κ1) is 14.9. The molecule has 3 aromatic rings. The Hall–Kier alpha value is -3.00. The zero-order chi connectivity index (χ0) is 16.6. The van der Waals surface area contributed by atoms with Gasteiger partial charge in [-0.3, -0.25) is 15.1 Å². The van der Waals surface area contributed by atoms with Crippen molar-refractivity contribution >= 4 is 40.1 Å². The van der Waals surface area contributed by atoms with E-state index in [4.69, 9.17) is 18.0 Å². The van der Waals surface area contributed by atoms with Crippen molar-refractivity contribution in [1.82, 2.24) is 14.5 Å². The molecule has 0 aliphatic carbocycles. The Labute approximate surface area is 136 Å². The maximum Gasteiger partial charge on any atom is 0.276 e. The number of fused-ring (bicyclic) bond motifs is 1. The van der Waals surface area contributed by atoms with Gasteiger partial charge in [-0.1, -0.05) is 12.2 Å². The van der Waals surface area contributed by atoms with Crippen molar-refractivity contribution in [2.45, 2.75) is 0 Å². The number of pyridine rings is 1. The molecule has 2 heterocycles. The summed E-state index contributed by atoms with van der Waals surface area (Å²) in [6, 6.07) is 7.96. The standard InChI is InChI=1S/C15H13N5O2S/c1-20-12-3-2-9(21)7-10(12)18-15(20)19-14(22)11-6-8(13(16)23)4-5-17-11/h2-7,21H,1H3,(H2,16,23)(H,18,19,22). The third-order valence-electron chi connectivity index (χ3n) is 3.37. The fourth-order valence-electron chi connectivity index (χ4n) is 2.17. The number of thiocarbonyl (C=S) groups is 1. The van der Waals surface area contributed by atoms with Crippen molar-refractivity contribution in [3.8, 4) is 5.75 Å². The third-order valence-corrected chi connectivity index (χ3v) is 3.60. The molecule has 8 heteroatoms. The van der Waals surface area contributed by atoms with Crippen LogP contribution in [0.25, 0.3) is 11.0 Å². The highest BCUT2D eigenvalue weighted by molar-refractivity contribution is 7.80. The number of amides is 1. The number of anilines is 1. The summed E-state index contributed by atoms with van der Waals surface area (Å²) in [5, 5.41) is 12.2. The maximum absolute atomic E-state index is 12.3. The van der Waals surface area contributed by atoms with Gasteiger partial charge in [-0.25, -0.2) is 4.98 Å². The molecule has 0 aliphatic heterocycles. The Morgan fingerprint density at radius 3 is 2.87 bits per heavy atom. The normalized spacial score (nSPS) is 10.7. The first-order valence-corrected chi connectivity index (χ1v) is 7.09. The number of nitrogens with two attached hydrogens (primary N) is 1. The van der Waals surface area contributed by atoms with E-state index in [0.717, 1.165) is 5.52 Å². The van der Waals surface area contributed by atoms with Crippen molar-refractivity contribution in [3.05, 3.63) is 47.8 Å². The monoisotopic (exact) mass is 327 g/mol. The van der Waals surface area contributed by atoms with E-state index in [0.29, 0.717) is 17.0 Å². The van der Waals surface area contributed by atoms with Crippen molar-refractivity contribution < 1.29 is 9.90 Å². The summed E-state index contributed by atoms with van der Waals surface area (Å²) in [5.41, 5.74) is 7.66. The predicted octanol–water partition coefficient (Wildman–Crippen LogP) is 1.56. The lowest BCUT2D eigenvalue weighted by molar-refractivity contribution is 0.102. The largest absolute Gasteiger partial charge is 0.508 e. The molecule has 2 aromatic heterocycles. The lowest BCUT2D eigenvalue weighted by Gasteiger charge is -2.05. The molecule has 0 spiro atoms. The lowest BCUT2D eigenvalue weighted by atomic mass is 10.2. The van der Waals surface area contributed by atoms with Crippen LogP contribution in [0.1, 0.15) is 16.1 Å². The van der Waals surface area contributed by atoms with Crippen LogP contribution >= 0.6 is 12.2 Å². The molecule has 0 saturated carbocycles. The van der Waals surface area contributed by atoms with Crippen LogP contribution in [0.15, 0.2) is 36.5 Å². The molecular formula is C15H13N5O2S. The van der Waals surface area contributed by atoms with Gasteiger partial charge >= 0.3 is 0 Å². The number of rotatable bonds is 3. The summed E-state index contributed by atoms with van der Waals surface area (Å²) in [7, 11) is 1.76. The second-order valence-corrected chi connectivity index (χ2v) is 5.36. The number of nitrogens with one attached hydrogen (secondary N) is 1. The lowest BCUT2D eigenvalue weighted by Crippen LogP contribution is -2.18. The Bertz CT molecular complexity index is 935. The number of benzene rings is 1. The van der Waals surface area contributed by atoms with Crippen molar-refractivity contribution in [2.24, 2.45) is 12.8 Å². The minimum atomic E-state index is -0.425. The van der Waals surface area contributed by atoms with Gasteiger partial charge in [0.1, 0.15) is 16.4 Å². The van der Waals surface area contributed by atoms with Crippen LogP contribution in [0, 0.1) is 0 Å². The first-order valence-electron chi connectivity index (χ1n) is 6.68. The summed E-state index contributed by atoms with van der Waals surface area (Å²) in [4.78, 5) is 20.8. The van der Waals surface area contributed by atoms with Crippen LogP contribution < -0.4 is 11.1 Å². The molecule has 116 valence electrons. The minimum Gasteiger partial charge on any atom is -0.508 e. The topological polar surface area (TPSA) is 106 Å². The number of hydrogen-bond donors (Lipinski definition) is 3. The Balaban J connectivity index is 1.92. The van der Waals surface area contributed by atoms with E-state index in [2.05, 4.69) is 15.3 Å². The Morgan fingerprint density at radius 1 is 1.35 bits per heavy atom.